The van der Waals surface area contributed by atoms with Crippen molar-refractivity contribution in [2.75, 3.05) is 36.9 Å². The number of carbonyl (C=O) groups is 2. The quantitative estimate of drug-likeness (QED) is 0.728. The minimum absolute atomic E-state index is 0.0420. The number of benzene rings is 2. The number of rotatable bonds is 9. The molecule has 5 nitrogen and oxygen atoms in total. The van der Waals surface area contributed by atoms with Crippen LogP contribution in [0.15, 0.2) is 54.6 Å². The highest BCUT2D eigenvalue weighted by Gasteiger charge is 2.14. The molecule has 0 bridgehead atoms. The number of hydrogen-bond donors (Lipinski definition) is 1. The summed E-state index contributed by atoms with van der Waals surface area (Å²) in [5, 5.41) is 2.88. The molecule has 2 aromatic rings. The zero-order chi connectivity index (χ0) is 19.6. The Labute approximate surface area is 162 Å². The van der Waals surface area contributed by atoms with Gasteiger partial charge in [-0.15, -0.1) is 0 Å². The van der Waals surface area contributed by atoms with E-state index in [1.165, 1.54) is 0 Å². The van der Waals surface area contributed by atoms with Crippen LogP contribution < -0.4 is 10.2 Å². The minimum atomic E-state index is -0.0981. The van der Waals surface area contributed by atoms with Crippen molar-refractivity contribution in [3.05, 3.63) is 60.2 Å². The van der Waals surface area contributed by atoms with Crippen LogP contribution >= 0.6 is 0 Å². The van der Waals surface area contributed by atoms with Crippen LogP contribution in [0.2, 0.25) is 0 Å². The molecule has 2 aromatic carbocycles. The van der Waals surface area contributed by atoms with Crippen LogP contribution in [0.25, 0.3) is 0 Å². The maximum atomic E-state index is 12.6. The third-order valence-electron chi connectivity index (χ3n) is 4.27. The van der Waals surface area contributed by atoms with Gasteiger partial charge in [0.25, 0.3) is 5.91 Å². The van der Waals surface area contributed by atoms with E-state index in [4.69, 9.17) is 0 Å². The van der Waals surface area contributed by atoms with Gasteiger partial charge < -0.3 is 15.1 Å². The Morgan fingerprint density at radius 1 is 0.889 bits per heavy atom. The topological polar surface area (TPSA) is 52.7 Å². The molecule has 2 amide bonds. The first kappa shape index (κ1) is 20.5. The number of para-hydroxylation sites is 1. The van der Waals surface area contributed by atoms with Gasteiger partial charge in [0, 0.05) is 37.1 Å². The Morgan fingerprint density at radius 2 is 1.48 bits per heavy atom. The SMILES string of the molecule is CCCN(CCC)C(=O)c1ccc(NC(=O)CN(C)c2ccccc2)cc1. The van der Waals surface area contributed by atoms with E-state index >= 15 is 0 Å². The van der Waals surface area contributed by atoms with E-state index < -0.39 is 0 Å². The van der Waals surface area contributed by atoms with Crippen molar-refractivity contribution in [2.24, 2.45) is 0 Å². The fourth-order valence-electron chi connectivity index (χ4n) is 2.92. The molecular weight excluding hydrogens is 338 g/mol. The highest BCUT2D eigenvalue weighted by molar-refractivity contribution is 5.96. The van der Waals surface area contributed by atoms with Crippen molar-refractivity contribution < 1.29 is 9.59 Å². The average Bonchev–Trinajstić information content (AvgIpc) is 2.68. The Kier molecular flexibility index (Phi) is 7.86. The Morgan fingerprint density at radius 3 is 2.04 bits per heavy atom. The summed E-state index contributed by atoms with van der Waals surface area (Å²) in [4.78, 5) is 28.6. The predicted octanol–water partition coefficient (Wildman–Crippen LogP) is 4.02. The summed E-state index contributed by atoms with van der Waals surface area (Å²) < 4.78 is 0. The summed E-state index contributed by atoms with van der Waals surface area (Å²) in [5.74, 6) is -0.0561. The lowest BCUT2D eigenvalue weighted by atomic mass is 10.1. The van der Waals surface area contributed by atoms with Crippen molar-refractivity contribution in [2.45, 2.75) is 26.7 Å². The highest BCUT2D eigenvalue weighted by Crippen LogP contribution is 2.14. The largest absolute Gasteiger partial charge is 0.365 e. The summed E-state index contributed by atoms with van der Waals surface area (Å²) in [5.41, 5.74) is 2.33. The van der Waals surface area contributed by atoms with Gasteiger partial charge in [0.05, 0.1) is 6.54 Å². The zero-order valence-electron chi connectivity index (χ0n) is 16.4. The van der Waals surface area contributed by atoms with E-state index in [9.17, 15) is 9.59 Å². The number of anilines is 2. The molecule has 1 N–H and O–H groups in total. The monoisotopic (exact) mass is 367 g/mol. The van der Waals surface area contributed by atoms with Gasteiger partial charge in [-0.3, -0.25) is 9.59 Å². The third-order valence-corrected chi connectivity index (χ3v) is 4.27. The zero-order valence-corrected chi connectivity index (χ0v) is 16.4. The van der Waals surface area contributed by atoms with E-state index in [-0.39, 0.29) is 18.4 Å². The molecule has 2 rings (SSSR count). The molecule has 0 spiro atoms. The molecule has 0 fully saturated rings. The van der Waals surface area contributed by atoms with Gasteiger partial charge >= 0.3 is 0 Å². The third kappa shape index (κ3) is 6.13. The number of hydrogen-bond acceptors (Lipinski definition) is 3. The summed E-state index contributed by atoms with van der Waals surface area (Å²) >= 11 is 0. The summed E-state index contributed by atoms with van der Waals surface area (Å²) in [6, 6.07) is 16.9. The second-order valence-electron chi connectivity index (χ2n) is 6.61. The van der Waals surface area contributed by atoms with Crippen LogP contribution in [0.5, 0.6) is 0 Å². The van der Waals surface area contributed by atoms with Gasteiger partial charge in [0.2, 0.25) is 5.91 Å². The number of likely N-dealkylation sites (N-methyl/N-ethyl adjacent to an activating group) is 1. The van der Waals surface area contributed by atoms with Crippen LogP contribution in [0.4, 0.5) is 11.4 Å². The van der Waals surface area contributed by atoms with Crippen molar-refractivity contribution >= 4 is 23.2 Å². The van der Waals surface area contributed by atoms with Crippen LogP contribution in [-0.2, 0) is 4.79 Å². The molecule has 0 saturated carbocycles. The van der Waals surface area contributed by atoms with Gasteiger partial charge in [-0.25, -0.2) is 0 Å². The summed E-state index contributed by atoms with van der Waals surface area (Å²) in [7, 11) is 1.88. The molecule has 0 saturated heterocycles. The molecule has 5 heteroatoms. The number of nitrogens with zero attached hydrogens (tertiary/aromatic N) is 2. The van der Waals surface area contributed by atoms with Gasteiger partial charge in [-0.05, 0) is 49.2 Å². The first-order valence-electron chi connectivity index (χ1n) is 9.50. The molecule has 0 aromatic heterocycles. The Bertz CT molecular complexity index is 723. The molecule has 0 atom stereocenters. The van der Waals surface area contributed by atoms with Gasteiger partial charge in [-0.2, -0.15) is 0 Å². The molecule has 0 radical (unpaired) electrons. The average molecular weight is 367 g/mol. The molecule has 0 heterocycles. The standard InChI is InChI=1S/C22H29N3O2/c1-4-15-25(16-5-2)22(27)18-11-13-19(14-12-18)23-21(26)17-24(3)20-9-7-6-8-10-20/h6-14H,4-5,15-17H2,1-3H3,(H,23,26). The molecule has 27 heavy (non-hydrogen) atoms. The lowest BCUT2D eigenvalue weighted by molar-refractivity contribution is -0.114. The molecule has 0 unspecified atom stereocenters. The molecule has 0 aliphatic heterocycles. The van der Waals surface area contributed by atoms with Crippen molar-refractivity contribution in [1.82, 2.24) is 4.90 Å². The molecular formula is C22H29N3O2. The van der Waals surface area contributed by atoms with Crippen LogP contribution in [0.3, 0.4) is 0 Å². The second kappa shape index (κ2) is 10.4. The van der Waals surface area contributed by atoms with Gasteiger partial charge in [-0.1, -0.05) is 32.0 Å². The fourth-order valence-corrected chi connectivity index (χ4v) is 2.92. The second-order valence-corrected chi connectivity index (χ2v) is 6.61. The first-order valence-corrected chi connectivity index (χ1v) is 9.50. The molecule has 0 aliphatic rings. The molecule has 0 aliphatic carbocycles. The first-order chi connectivity index (χ1) is 13.0. The Hall–Kier alpha value is -2.82. The number of carbonyl (C=O) groups excluding carboxylic acids is 2. The van der Waals surface area contributed by atoms with Crippen molar-refractivity contribution in [3.8, 4) is 0 Å². The van der Waals surface area contributed by atoms with E-state index in [2.05, 4.69) is 19.2 Å². The normalized spacial score (nSPS) is 10.3. The summed E-state index contributed by atoms with van der Waals surface area (Å²) in [6.07, 6.45) is 1.88. The Balaban J connectivity index is 1.94. The minimum Gasteiger partial charge on any atom is -0.365 e. The van der Waals surface area contributed by atoms with E-state index in [1.54, 1.807) is 24.3 Å². The van der Waals surface area contributed by atoms with Crippen LogP contribution in [0.1, 0.15) is 37.0 Å². The van der Waals surface area contributed by atoms with E-state index in [1.807, 2.05) is 47.2 Å². The van der Waals surface area contributed by atoms with Gasteiger partial charge in [0.15, 0.2) is 0 Å². The maximum absolute atomic E-state index is 12.6. The number of amides is 2. The van der Waals surface area contributed by atoms with Crippen LogP contribution in [-0.4, -0.2) is 43.4 Å². The van der Waals surface area contributed by atoms with Crippen LogP contribution in [0, 0.1) is 0 Å². The van der Waals surface area contributed by atoms with E-state index in [0.29, 0.717) is 11.3 Å². The highest BCUT2D eigenvalue weighted by atomic mass is 16.2. The van der Waals surface area contributed by atoms with E-state index in [0.717, 1.165) is 31.6 Å². The van der Waals surface area contributed by atoms with Crippen molar-refractivity contribution in [1.29, 1.82) is 0 Å². The van der Waals surface area contributed by atoms with Gasteiger partial charge in [0.1, 0.15) is 0 Å². The molecule has 144 valence electrons. The van der Waals surface area contributed by atoms with Crippen molar-refractivity contribution in [3.63, 3.8) is 0 Å². The maximum Gasteiger partial charge on any atom is 0.253 e. The fraction of sp³-hybridized carbons (Fsp3) is 0.364. The lowest BCUT2D eigenvalue weighted by Gasteiger charge is -2.21. The smallest absolute Gasteiger partial charge is 0.253 e. The number of nitrogens with one attached hydrogen (secondary N) is 1. The lowest BCUT2D eigenvalue weighted by Crippen LogP contribution is -2.32. The summed E-state index contributed by atoms with van der Waals surface area (Å²) in [6.45, 7) is 5.92. The predicted molar refractivity (Wildman–Crippen MR) is 111 cm³/mol.